The third-order valence-electron chi connectivity index (χ3n) is 4.56. The Kier molecular flexibility index (Phi) is 3.16. The molecule has 2 aromatic carbocycles. The number of carbonyl (C=O) groups is 2. The third-order valence-corrected chi connectivity index (χ3v) is 6.52. The van der Waals surface area contributed by atoms with Crippen molar-refractivity contribution in [2.24, 2.45) is 0 Å². The van der Waals surface area contributed by atoms with Crippen molar-refractivity contribution in [3.05, 3.63) is 35.9 Å². The molecule has 0 saturated carbocycles. The molecule has 0 radical (unpaired) electrons. The minimum absolute atomic E-state index is 0.00718. The third kappa shape index (κ3) is 1.96. The molecule has 7 nitrogen and oxygen atoms in total. The maximum atomic E-state index is 13.0. The van der Waals surface area contributed by atoms with Gasteiger partial charge in [0.25, 0.3) is 5.91 Å². The number of carboxylic acid groups (broad SMARTS) is 1. The lowest BCUT2D eigenvalue weighted by Crippen LogP contribution is -2.46. The van der Waals surface area contributed by atoms with E-state index in [0.717, 1.165) is 4.31 Å². The lowest BCUT2D eigenvalue weighted by molar-refractivity contribution is -0.309. The van der Waals surface area contributed by atoms with Crippen molar-refractivity contribution >= 4 is 38.4 Å². The van der Waals surface area contributed by atoms with E-state index in [-0.39, 0.29) is 23.8 Å². The topological polar surface area (TPSA) is 107 Å². The fraction of sp³-hybridized carbons (Fsp3) is 0.250. The van der Waals surface area contributed by atoms with Crippen LogP contribution in [0.15, 0.2) is 35.2 Å². The van der Waals surface area contributed by atoms with Gasteiger partial charge in [-0.3, -0.25) is 4.79 Å². The summed E-state index contributed by atoms with van der Waals surface area (Å²) in [7, 11) is -4.01. The van der Waals surface area contributed by atoms with Gasteiger partial charge in [0.15, 0.2) is 0 Å². The van der Waals surface area contributed by atoms with Gasteiger partial charge in [0.2, 0.25) is 10.0 Å². The highest BCUT2D eigenvalue weighted by Gasteiger charge is 2.37. The van der Waals surface area contributed by atoms with Crippen LogP contribution >= 0.6 is 0 Å². The summed E-state index contributed by atoms with van der Waals surface area (Å²) in [5, 5.41) is 14.9. The molecular formula is C16H13N2O5S-. The van der Waals surface area contributed by atoms with Gasteiger partial charge in [-0.25, -0.2) is 8.42 Å². The Morgan fingerprint density at radius 2 is 2.04 bits per heavy atom. The molecule has 1 saturated heterocycles. The van der Waals surface area contributed by atoms with E-state index in [1.807, 2.05) is 0 Å². The molecule has 2 aromatic rings. The van der Waals surface area contributed by atoms with E-state index in [4.69, 9.17) is 0 Å². The molecule has 1 N–H and O–H groups in total. The van der Waals surface area contributed by atoms with Crippen LogP contribution in [0.5, 0.6) is 0 Å². The van der Waals surface area contributed by atoms with Crippen LogP contribution in [0.1, 0.15) is 23.2 Å². The summed E-state index contributed by atoms with van der Waals surface area (Å²) in [5.41, 5.74) is 0.972. The molecule has 4 rings (SSSR count). The summed E-state index contributed by atoms with van der Waals surface area (Å²) in [6, 6.07) is 6.66. The molecule has 2 heterocycles. The van der Waals surface area contributed by atoms with Crippen LogP contribution in [-0.2, 0) is 14.8 Å². The zero-order valence-corrected chi connectivity index (χ0v) is 13.3. The van der Waals surface area contributed by atoms with Crippen molar-refractivity contribution in [2.45, 2.75) is 23.8 Å². The van der Waals surface area contributed by atoms with E-state index >= 15 is 0 Å². The molecule has 0 aliphatic carbocycles. The maximum absolute atomic E-state index is 13.0. The Morgan fingerprint density at radius 3 is 2.79 bits per heavy atom. The van der Waals surface area contributed by atoms with Crippen LogP contribution in [0, 0.1) is 0 Å². The Hall–Kier alpha value is -2.45. The number of anilines is 1. The van der Waals surface area contributed by atoms with Crippen LogP contribution in [0.4, 0.5) is 5.69 Å². The number of hydrogen-bond acceptors (Lipinski definition) is 5. The molecule has 2 aliphatic heterocycles. The van der Waals surface area contributed by atoms with E-state index in [1.165, 1.54) is 12.1 Å². The van der Waals surface area contributed by atoms with E-state index < -0.39 is 22.0 Å². The van der Waals surface area contributed by atoms with Crippen LogP contribution in [0.3, 0.4) is 0 Å². The van der Waals surface area contributed by atoms with Crippen molar-refractivity contribution in [3.8, 4) is 0 Å². The molecule has 1 fully saturated rings. The number of carbonyl (C=O) groups excluding carboxylic acids is 2. The second-order valence-corrected chi connectivity index (χ2v) is 7.75. The molecule has 24 heavy (non-hydrogen) atoms. The minimum atomic E-state index is -4.01. The second kappa shape index (κ2) is 5.02. The molecule has 1 amide bonds. The summed E-state index contributed by atoms with van der Waals surface area (Å²) >= 11 is 0. The number of carboxylic acids is 1. The second-order valence-electron chi connectivity index (χ2n) is 5.89. The standard InChI is InChI=1S/C16H14N2O5S/c19-15-10-4-1-3-9-13(7-6-11(17-15)14(9)10)24(22,23)18-8-2-5-12(18)16(20)21/h1,3-4,6-7,12H,2,5,8H2,(H,17,19)(H,20,21)/p-1. The first-order valence-electron chi connectivity index (χ1n) is 7.51. The molecular weight excluding hydrogens is 332 g/mol. The number of amides is 1. The zero-order valence-electron chi connectivity index (χ0n) is 12.5. The molecule has 2 aliphatic rings. The minimum Gasteiger partial charge on any atom is -0.548 e. The smallest absolute Gasteiger partial charge is 0.256 e. The van der Waals surface area contributed by atoms with Gasteiger partial charge in [0, 0.05) is 28.6 Å². The Balaban J connectivity index is 1.93. The van der Waals surface area contributed by atoms with Gasteiger partial charge < -0.3 is 15.2 Å². The molecule has 0 aromatic heterocycles. The van der Waals surface area contributed by atoms with E-state index in [1.54, 1.807) is 18.2 Å². The van der Waals surface area contributed by atoms with Gasteiger partial charge in [0.05, 0.1) is 16.9 Å². The van der Waals surface area contributed by atoms with Gasteiger partial charge in [-0.1, -0.05) is 12.1 Å². The average Bonchev–Trinajstić information content (AvgIpc) is 3.15. The van der Waals surface area contributed by atoms with Crippen LogP contribution in [0.2, 0.25) is 0 Å². The van der Waals surface area contributed by atoms with Crippen molar-refractivity contribution in [1.29, 1.82) is 0 Å². The van der Waals surface area contributed by atoms with E-state index in [9.17, 15) is 23.1 Å². The first kappa shape index (κ1) is 15.1. The lowest BCUT2D eigenvalue weighted by atomic mass is 10.1. The van der Waals surface area contributed by atoms with Gasteiger partial charge in [-0.05, 0) is 31.0 Å². The fourth-order valence-electron chi connectivity index (χ4n) is 3.48. The number of aliphatic carboxylic acids is 1. The number of nitrogens with zero attached hydrogens (tertiary/aromatic N) is 1. The van der Waals surface area contributed by atoms with Crippen LogP contribution < -0.4 is 10.4 Å². The molecule has 1 unspecified atom stereocenters. The molecule has 0 spiro atoms. The van der Waals surface area contributed by atoms with Crippen molar-refractivity contribution < 1.29 is 23.1 Å². The molecule has 0 bridgehead atoms. The lowest BCUT2D eigenvalue weighted by Gasteiger charge is -2.25. The zero-order chi connectivity index (χ0) is 17.1. The van der Waals surface area contributed by atoms with Crippen molar-refractivity contribution in [3.63, 3.8) is 0 Å². The van der Waals surface area contributed by atoms with Gasteiger partial charge in [-0.2, -0.15) is 4.31 Å². The largest absolute Gasteiger partial charge is 0.548 e. The first-order chi connectivity index (χ1) is 11.4. The predicted molar refractivity (Wildman–Crippen MR) is 83.8 cm³/mol. The molecule has 8 heteroatoms. The van der Waals surface area contributed by atoms with Crippen LogP contribution in [-0.4, -0.2) is 37.2 Å². The number of benzene rings is 2. The van der Waals surface area contributed by atoms with E-state index in [2.05, 4.69) is 5.32 Å². The van der Waals surface area contributed by atoms with Crippen molar-refractivity contribution in [1.82, 2.24) is 4.31 Å². The Bertz CT molecular complexity index is 999. The normalized spacial score (nSPS) is 20.5. The summed E-state index contributed by atoms with van der Waals surface area (Å²) in [5.74, 6) is -1.67. The molecule has 124 valence electrons. The highest BCUT2D eigenvalue weighted by Crippen LogP contribution is 2.38. The summed E-state index contributed by atoms with van der Waals surface area (Å²) < 4.78 is 27.0. The maximum Gasteiger partial charge on any atom is 0.256 e. The van der Waals surface area contributed by atoms with Gasteiger partial charge in [-0.15, -0.1) is 0 Å². The van der Waals surface area contributed by atoms with Crippen molar-refractivity contribution in [2.75, 3.05) is 11.9 Å². The highest BCUT2D eigenvalue weighted by atomic mass is 32.2. The summed E-state index contributed by atoms with van der Waals surface area (Å²) in [6.45, 7) is 0.140. The SMILES string of the molecule is O=C1Nc2ccc(S(=O)(=O)N3CCCC3C(=O)[O-])c3cccc1c23. The predicted octanol–water partition coefficient (Wildman–Crippen LogP) is 0.308. The van der Waals surface area contributed by atoms with Gasteiger partial charge >= 0.3 is 0 Å². The first-order valence-corrected chi connectivity index (χ1v) is 8.95. The fourth-order valence-corrected chi connectivity index (χ4v) is 5.31. The number of hydrogen-bond donors (Lipinski definition) is 1. The molecule has 1 atom stereocenters. The van der Waals surface area contributed by atoms with Gasteiger partial charge in [0.1, 0.15) is 0 Å². The quantitative estimate of drug-likeness (QED) is 0.861. The van der Waals surface area contributed by atoms with Crippen LogP contribution in [0.25, 0.3) is 10.8 Å². The highest BCUT2D eigenvalue weighted by molar-refractivity contribution is 7.89. The Morgan fingerprint density at radius 1 is 1.25 bits per heavy atom. The number of rotatable bonds is 3. The Labute approximate surface area is 137 Å². The summed E-state index contributed by atoms with van der Waals surface area (Å²) in [4.78, 5) is 23.2. The number of nitrogens with one attached hydrogen (secondary N) is 1. The van der Waals surface area contributed by atoms with E-state index in [0.29, 0.717) is 28.4 Å². The number of sulfonamides is 1. The summed E-state index contributed by atoms with van der Waals surface area (Å²) in [6.07, 6.45) is 0.710. The average molecular weight is 345 g/mol. The monoisotopic (exact) mass is 345 g/mol.